The highest BCUT2D eigenvalue weighted by atomic mass is 16.2. The Kier molecular flexibility index (Phi) is 6.25. The molecule has 1 unspecified atom stereocenters. The van der Waals surface area contributed by atoms with E-state index < -0.39 is 0 Å². The van der Waals surface area contributed by atoms with Crippen LogP contribution in [0.15, 0.2) is 47.7 Å². The highest BCUT2D eigenvalue weighted by Gasteiger charge is 2.27. The monoisotopic (exact) mass is 383 g/mol. The number of hydrogen-bond donors (Lipinski definition) is 3. The third kappa shape index (κ3) is 4.67. The van der Waals surface area contributed by atoms with Gasteiger partial charge in [0.25, 0.3) is 0 Å². The topological polar surface area (TPSA) is 104 Å². The second-order valence-corrected chi connectivity index (χ2v) is 6.38. The summed E-state index contributed by atoms with van der Waals surface area (Å²) in [4.78, 5) is 28.9. The van der Waals surface area contributed by atoms with Gasteiger partial charge in [0.1, 0.15) is 0 Å². The van der Waals surface area contributed by atoms with Crippen LogP contribution < -0.4 is 16.0 Å². The van der Waals surface area contributed by atoms with Crippen LogP contribution in [0.2, 0.25) is 0 Å². The summed E-state index contributed by atoms with van der Waals surface area (Å²) in [5.41, 5.74) is 2.07. The predicted molar refractivity (Wildman–Crippen MR) is 106 cm³/mol. The van der Waals surface area contributed by atoms with Crippen molar-refractivity contribution >= 4 is 17.9 Å². The molecule has 1 aromatic carbocycles. The minimum Gasteiger partial charge on any atom is -0.357 e. The summed E-state index contributed by atoms with van der Waals surface area (Å²) < 4.78 is 1.81. The van der Waals surface area contributed by atoms with Gasteiger partial charge in [0.05, 0.1) is 31.4 Å². The lowest BCUT2D eigenvalue weighted by Gasteiger charge is -2.19. The quantitative estimate of drug-likeness (QED) is 0.377. The molecule has 2 aromatic rings. The summed E-state index contributed by atoms with van der Waals surface area (Å²) >= 11 is 0. The molecule has 1 aromatic heterocycles. The predicted octanol–water partition coefficient (Wildman–Crippen LogP) is 1.04. The maximum absolute atomic E-state index is 11.6. The van der Waals surface area contributed by atoms with E-state index in [1.54, 1.807) is 6.20 Å². The number of carbonyl (C=O) groups is 2. The zero-order valence-electron chi connectivity index (χ0n) is 16.1. The van der Waals surface area contributed by atoms with E-state index >= 15 is 0 Å². The number of urea groups is 1. The Bertz CT molecular complexity index is 832. The Labute approximate surface area is 163 Å². The molecule has 1 fully saturated rings. The lowest BCUT2D eigenvalue weighted by Crippen LogP contribution is -2.40. The van der Waals surface area contributed by atoms with Gasteiger partial charge in [-0.3, -0.25) is 14.7 Å². The number of nitrogens with zero attached hydrogens (tertiary/aromatic N) is 4. The van der Waals surface area contributed by atoms with Gasteiger partial charge in [-0.25, -0.2) is 9.48 Å². The minimum absolute atomic E-state index is 0.00466. The molecule has 3 rings (SSSR count). The van der Waals surface area contributed by atoms with Crippen molar-refractivity contribution in [2.45, 2.75) is 19.9 Å². The van der Waals surface area contributed by atoms with Crippen molar-refractivity contribution < 1.29 is 9.59 Å². The van der Waals surface area contributed by atoms with Crippen LogP contribution in [0.25, 0.3) is 5.69 Å². The van der Waals surface area contributed by atoms with Gasteiger partial charge in [-0.05, 0) is 37.6 Å². The molecule has 1 aliphatic rings. The Hall–Kier alpha value is -3.36. The van der Waals surface area contributed by atoms with E-state index in [-0.39, 0.29) is 31.1 Å². The van der Waals surface area contributed by atoms with Gasteiger partial charge >= 0.3 is 6.03 Å². The lowest BCUT2D eigenvalue weighted by molar-refractivity contribution is -0.124. The van der Waals surface area contributed by atoms with Gasteiger partial charge in [0, 0.05) is 18.9 Å². The molecule has 1 atom stereocenters. The Balaban J connectivity index is 1.64. The van der Waals surface area contributed by atoms with Crippen molar-refractivity contribution in [3.63, 3.8) is 0 Å². The number of guanidine groups is 1. The van der Waals surface area contributed by atoms with Crippen LogP contribution in [0.1, 0.15) is 25.5 Å². The van der Waals surface area contributed by atoms with Gasteiger partial charge in [0.15, 0.2) is 5.96 Å². The maximum atomic E-state index is 11.6. The summed E-state index contributed by atoms with van der Waals surface area (Å²) in [5.74, 6) is 0.411. The van der Waals surface area contributed by atoms with Crippen LogP contribution in [0.4, 0.5) is 4.79 Å². The highest BCUT2D eigenvalue weighted by Crippen LogP contribution is 2.16. The summed E-state index contributed by atoms with van der Waals surface area (Å²) in [6.07, 6.45) is 3.65. The van der Waals surface area contributed by atoms with Crippen molar-refractivity contribution in [2.75, 3.05) is 26.2 Å². The second-order valence-electron chi connectivity index (χ2n) is 6.38. The molecule has 2 heterocycles. The highest BCUT2D eigenvalue weighted by molar-refractivity contribution is 6.01. The molecule has 148 valence electrons. The van der Waals surface area contributed by atoms with E-state index in [9.17, 15) is 9.59 Å². The molecule has 0 aliphatic carbocycles. The average molecular weight is 383 g/mol. The van der Waals surface area contributed by atoms with Crippen molar-refractivity contribution in [3.8, 4) is 5.69 Å². The number of rotatable bonds is 7. The summed E-state index contributed by atoms with van der Waals surface area (Å²) in [6.45, 7) is 5.38. The fraction of sp³-hybridized carbons (Fsp3) is 0.368. The van der Waals surface area contributed by atoms with Crippen LogP contribution in [0.3, 0.4) is 0 Å². The first-order valence-corrected chi connectivity index (χ1v) is 9.31. The number of benzene rings is 1. The van der Waals surface area contributed by atoms with Crippen LogP contribution in [0, 0.1) is 0 Å². The first-order valence-electron chi connectivity index (χ1n) is 9.31. The van der Waals surface area contributed by atoms with Crippen molar-refractivity contribution in [3.05, 3.63) is 48.3 Å². The molecular formula is C19H25N7O2. The molecule has 9 nitrogen and oxygen atoms in total. The first-order chi connectivity index (χ1) is 13.6. The molecule has 28 heavy (non-hydrogen) atoms. The van der Waals surface area contributed by atoms with E-state index in [0.717, 1.165) is 11.3 Å². The number of aromatic nitrogens is 2. The first kappa shape index (κ1) is 19.4. The SMILES string of the molecule is CCNC(=NCCN1C(=O)CNC1=O)NC(C)c1cccc(-n2cccn2)c1. The van der Waals surface area contributed by atoms with E-state index in [1.165, 1.54) is 4.90 Å². The Morgan fingerprint density at radius 3 is 2.89 bits per heavy atom. The van der Waals surface area contributed by atoms with Crippen molar-refractivity contribution in [2.24, 2.45) is 4.99 Å². The standard InChI is InChI=1S/C19H25N7O2/c1-3-20-18(21-9-11-25-17(27)13-22-19(25)28)24-14(2)15-6-4-7-16(12-15)26-10-5-8-23-26/h4-8,10,12,14H,3,9,11,13H2,1-2H3,(H,22,28)(H2,20,21,24). The second kappa shape index (κ2) is 9.03. The zero-order chi connectivity index (χ0) is 19.9. The number of aliphatic imine (C=N–C) groups is 1. The molecular weight excluding hydrogens is 358 g/mol. The molecule has 1 aliphatic heterocycles. The number of nitrogens with one attached hydrogen (secondary N) is 3. The molecule has 0 spiro atoms. The Morgan fingerprint density at radius 1 is 1.36 bits per heavy atom. The zero-order valence-corrected chi connectivity index (χ0v) is 16.1. The van der Waals surface area contributed by atoms with Gasteiger partial charge in [-0.1, -0.05) is 12.1 Å². The molecule has 3 amide bonds. The maximum Gasteiger partial charge on any atom is 0.324 e. The summed E-state index contributed by atoms with van der Waals surface area (Å²) in [5, 5.41) is 13.3. The van der Waals surface area contributed by atoms with E-state index in [1.807, 2.05) is 49.0 Å². The van der Waals surface area contributed by atoms with E-state index in [4.69, 9.17) is 0 Å². The third-order valence-corrected chi connectivity index (χ3v) is 4.37. The normalized spacial score (nSPS) is 15.5. The van der Waals surface area contributed by atoms with Gasteiger partial charge in [-0.2, -0.15) is 5.10 Å². The van der Waals surface area contributed by atoms with Crippen LogP contribution in [0.5, 0.6) is 0 Å². The van der Waals surface area contributed by atoms with Crippen LogP contribution in [-0.4, -0.2) is 58.8 Å². The average Bonchev–Trinajstić information content (AvgIpc) is 3.34. The molecule has 3 N–H and O–H groups in total. The molecule has 0 radical (unpaired) electrons. The van der Waals surface area contributed by atoms with Crippen molar-refractivity contribution in [1.82, 2.24) is 30.6 Å². The number of imide groups is 1. The smallest absolute Gasteiger partial charge is 0.324 e. The molecule has 9 heteroatoms. The number of amides is 3. The lowest BCUT2D eigenvalue weighted by atomic mass is 10.1. The van der Waals surface area contributed by atoms with Crippen molar-refractivity contribution in [1.29, 1.82) is 0 Å². The fourth-order valence-electron chi connectivity index (χ4n) is 2.91. The van der Waals surface area contributed by atoms with E-state index in [2.05, 4.69) is 32.1 Å². The van der Waals surface area contributed by atoms with Gasteiger partial charge in [0.2, 0.25) is 5.91 Å². The molecule has 0 saturated carbocycles. The molecule has 1 saturated heterocycles. The summed E-state index contributed by atoms with van der Waals surface area (Å²) in [6, 6.07) is 9.64. The van der Waals surface area contributed by atoms with Gasteiger partial charge in [-0.15, -0.1) is 0 Å². The summed E-state index contributed by atoms with van der Waals surface area (Å²) in [7, 11) is 0. The molecule has 0 bridgehead atoms. The van der Waals surface area contributed by atoms with Gasteiger partial charge < -0.3 is 16.0 Å². The number of carbonyl (C=O) groups excluding carboxylic acids is 2. The third-order valence-electron chi connectivity index (χ3n) is 4.37. The Morgan fingerprint density at radius 2 is 2.21 bits per heavy atom. The van der Waals surface area contributed by atoms with Crippen LogP contribution in [-0.2, 0) is 4.79 Å². The van der Waals surface area contributed by atoms with E-state index in [0.29, 0.717) is 19.0 Å². The fourth-order valence-corrected chi connectivity index (χ4v) is 2.91. The number of hydrogen-bond acceptors (Lipinski definition) is 4. The van der Waals surface area contributed by atoms with Crippen LogP contribution >= 0.6 is 0 Å². The largest absolute Gasteiger partial charge is 0.357 e. The minimum atomic E-state index is -0.359.